The number of unbranched alkanes of at least 4 members (excludes halogenated alkanes) is 2. The molecule has 0 amide bonds. The molecule has 0 radical (unpaired) electrons. The number of para-hydroxylation sites is 1. The van der Waals surface area contributed by atoms with Gasteiger partial charge < -0.3 is 4.74 Å². The van der Waals surface area contributed by atoms with Crippen molar-refractivity contribution < 1.29 is 13.7 Å². The monoisotopic (exact) mass is 373 g/mol. The van der Waals surface area contributed by atoms with Crippen molar-refractivity contribution >= 4 is 22.6 Å². The van der Waals surface area contributed by atoms with Gasteiger partial charge in [0.25, 0.3) is 0 Å². The summed E-state index contributed by atoms with van der Waals surface area (Å²) in [5.41, 5.74) is 2.09. The molecule has 0 spiro atoms. The SMILES string of the molecule is CCOC(=O)CCCCCS(=O)N(Cc1ccccc1)c1ccccc1. The lowest BCUT2D eigenvalue weighted by Gasteiger charge is -2.23. The molecule has 0 aromatic heterocycles. The fourth-order valence-corrected chi connectivity index (χ4v) is 3.96. The molecule has 2 aromatic rings. The van der Waals surface area contributed by atoms with Gasteiger partial charge in [-0.3, -0.25) is 9.10 Å². The van der Waals surface area contributed by atoms with E-state index < -0.39 is 11.0 Å². The van der Waals surface area contributed by atoms with Crippen LogP contribution in [0.2, 0.25) is 0 Å². The molecular weight excluding hydrogens is 346 g/mol. The number of anilines is 1. The first-order valence-corrected chi connectivity index (χ1v) is 10.4. The second kappa shape index (κ2) is 11.5. The van der Waals surface area contributed by atoms with Gasteiger partial charge in [0, 0.05) is 17.9 Å². The summed E-state index contributed by atoms with van der Waals surface area (Å²) in [6.07, 6.45) is 2.91. The Morgan fingerprint density at radius 3 is 2.27 bits per heavy atom. The largest absolute Gasteiger partial charge is 0.466 e. The van der Waals surface area contributed by atoms with Crippen molar-refractivity contribution in [1.82, 2.24) is 0 Å². The van der Waals surface area contributed by atoms with Crippen LogP contribution in [0.3, 0.4) is 0 Å². The zero-order valence-electron chi connectivity index (χ0n) is 15.3. The Bertz CT molecular complexity index is 676. The van der Waals surface area contributed by atoms with Gasteiger partial charge in [0.1, 0.15) is 11.0 Å². The first kappa shape index (κ1) is 20.2. The van der Waals surface area contributed by atoms with Gasteiger partial charge in [-0.2, -0.15) is 0 Å². The van der Waals surface area contributed by atoms with Crippen molar-refractivity contribution in [1.29, 1.82) is 0 Å². The predicted molar refractivity (Wildman–Crippen MR) is 107 cm³/mol. The van der Waals surface area contributed by atoms with Crippen molar-refractivity contribution in [3.63, 3.8) is 0 Å². The highest BCUT2D eigenvalue weighted by atomic mass is 32.2. The molecule has 0 heterocycles. The maximum atomic E-state index is 12.9. The van der Waals surface area contributed by atoms with Crippen LogP contribution in [-0.2, 0) is 27.1 Å². The Morgan fingerprint density at radius 2 is 1.62 bits per heavy atom. The van der Waals surface area contributed by atoms with Crippen LogP contribution in [0.5, 0.6) is 0 Å². The van der Waals surface area contributed by atoms with E-state index in [0.29, 0.717) is 25.3 Å². The van der Waals surface area contributed by atoms with Crippen molar-refractivity contribution in [2.45, 2.75) is 39.2 Å². The van der Waals surface area contributed by atoms with E-state index in [1.807, 2.05) is 71.9 Å². The summed E-state index contributed by atoms with van der Waals surface area (Å²) < 4.78 is 19.8. The van der Waals surface area contributed by atoms with Crippen LogP contribution in [-0.4, -0.2) is 22.5 Å². The van der Waals surface area contributed by atoms with Crippen LogP contribution < -0.4 is 4.31 Å². The summed E-state index contributed by atoms with van der Waals surface area (Å²) in [6.45, 7) is 2.85. The van der Waals surface area contributed by atoms with E-state index in [1.165, 1.54) is 0 Å². The molecule has 0 bridgehead atoms. The van der Waals surface area contributed by atoms with E-state index in [4.69, 9.17) is 4.74 Å². The van der Waals surface area contributed by atoms with Crippen LogP contribution in [0, 0.1) is 0 Å². The molecule has 26 heavy (non-hydrogen) atoms. The van der Waals surface area contributed by atoms with E-state index in [-0.39, 0.29) is 5.97 Å². The standard InChI is InChI=1S/C21H27NO3S/c1-2-25-21(23)16-10-5-11-17-26(24)22(20-14-8-4-9-15-20)18-19-12-6-3-7-13-19/h3-4,6-9,12-15H,2,5,10-11,16-18H2,1H3. The molecule has 4 nitrogen and oxygen atoms in total. The summed E-state index contributed by atoms with van der Waals surface area (Å²) in [5, 5.41) is 0. The van der Waals surface area contributed by atoms with Gasteiger partial charge in [0.2, 0.25) is 0 Å². The summed E-state index contributed by atoms with van der Waals surface area (Å²) >= 11 is 0. The van der Waals surface area contributed by atoms with Crippen molar-refractivity contribution in [3.05, 3.63) is 66.2 Å². The van der Waals surface area contributed by atoms with E-state index in [9.17, 15) is 9.00 Å². The number of ether oxygens (including phenoxy) is 1. The lowest BCUT2D eigenvalue weighted by atomic mass is 10.2. The number of esters is 1. The van der Waals surface area contributed by atoms with Gasteiger partial charge in [-0.25, -0.2) is 4.21 Å². The highest BCUT2D eigenvalue weighted by molar-refractivity contribution is 7.86. The molecule has 1 atom stereocenters. The number of carbonyl (C=O) groups excluding carboxylic acids is 1. The number of benzene rings is 2. The minimum atomic E-state index is -1.11. The third kappa shape index (κ3) is 7.00. The smallest absolute Gasteiger partial charge is 0.305 e. The normalized spacial score (nSPS) is 11.7. The molecule has 2 aromatic carbocycles. The van der Waals surface area contributed by atoms with Gasteiger partial charge >= 0.3 is 5.97 Å². The number of nitrogens with zero attached hydrogens (tertiary/aromatic N) is 1. The molecule has 5 heteroatoms. The van der Waals surface area contributed by atoms with E-state index in [0.717, 1.165) is 30.5 Å². The lowest BCUT2D eigenvalue weighted by Crippen LogP contribution is -2.27. The first-order chi connectivity index (χ1) is 12.7. The fourth-order valence-electron chi connectivity index (χ4n) is 2.64. The molecule has 0 saturated heterocycles. The maximum Gasteiger partial charge on any atom is 0.305 e. The Hall–Kier alpha value is -2.14. The minimum absolute atomic E-state index is 0.149. The Labute approximate surface area is 158 Å². The van der Waals surface area contributed by atoms with Crippen LogP contribution in [0.4, 0.5) is 5.69 Å². The summed E-state index contributed by atoms with van der Waals surface area (Å²) in [7, 11) is -1.11. The molecule has 2 rings (SSSR count). The molecular formula is C21H27NO3S. The second-order valence-corrected chi connectivity index (χ2v) is 7.49. The Balaban J connectivity index is 1.88. The number of carbonyl (C=O) groups is 1. The number of hydrogen-bond acceptors (Lipinski definition) is 3. The molecule has 0 aliphatic carbocycles. The van der Waals surface area contributed by atoms with Crippen molar-refractivity contribution in [2.75, 3.05) is 16.7 Å². The van der Waals surface area contributed by atoms with Gasteiger partial charge in [-0.15, -0.1) is 0 Å². The summed E-state index contributed by atoms with van der Waals surface area (Å²) in [6, 6.07) is 19.9. The van der Waals surface area contributed by atoms with Gasteiger partial charge in [-0.1, -0.05) is 55.0 Å². The summed E-state index contributed by atoms with van der Waals surface area (Å²) in [4.78, 5) is 11.3. The highest BCUT2D eigenvalue weighted by Crippen LogP contribution is 2.20. The molecule has 0 fully saturated rings. The quantitative estimate of drug-likeness (QED) is 0.431. The van der Waals surface area contributed by atoms with Gasteiger partial charge in [0.15, 0.2) is 0 Å². The molecule has 0 N–H and O–H groups in total. The van der Waals surface area contributed by atoms with Crippen LogP contribution in [0.15, 0.2) is 60.7 Å². The maximum absolute atomic E-state index is 12.9. The van der Waals surface area contributed by atoms with E-state index in [1.54, 1.807) is 0 Å². The van der Waals surface area contributed by atoms with Crippen molar-refractivity contribution in [3.8, 4) is 0 Å². The van der Waals surface area contributed by atoms with Gasteiger partial charge in [-0.05, 0) is 37.5 Å². The van der Waals surface area contributed by atoms with E-state index in [2.05, 4.69) is 0 Å². The van der Waals surface area contributed by atoms with Crippen LogP contribution in [0.1, 0.15) is 38.2 Å². The van der Waals surface area contributed by atoms with E-state index >= 15 is 0 Å². The zero-order chi connectivity index (χ0) is 18.6. The Kier molecular flexibility index (Phi) is 8.90. The second-order valence-electron chi connectivity index (χ2n) is 6.00. The average molecular weight is 374 g/mol. The van der Waals surface area contributed by atoms with Crippen LogP contribution in [0.25, 0.3) is 0 Å². The number of hydrogen-bond donors (Lipinski definition) is 0. The molecule has 0 aliphatic heterocycles. The fraction of sp³-hybridized carbons (Fsp3) is 0.381. The molecule has 0 aliphatic rings. The molecule has 0 saturated carbocycles. The average Bonchev–Trinajstić information content (AvgIpc) is 2.67. The topological polar surface area (TPSA) is 46.6 Å². The number of rotatable bonds is 11. The lowest BCUT2D eigenvalue weighted by molar-refractivity contribution is -0.143. The minimum Gasteiger partial charge on any atom is -0.466 e. The predicted octanol–water partition coefficient (Wildman–Crippen LogP) is 4.48. The zero-order valence-corrected chi connectivity index (χ0v) is 16.1. The summed E-state index contributed by atoms with van der Waals surface area (Å²) in [5.74, 6) is 0.438. The highest BCUT2D eigenvalue weighted by Gasteiger charge is 2.14. The molecule has 1 unspecified atom stereocenters. The van der Waals surface area contributed by atoms with Crippen LogP contribution >= 0.6 is 0 Å². The third-order valence-corrected chi connectivity index (χ3v) is 5.43. The molecule has 140 valence electrons. The first-order valence-electron chi connectivity index (χ1n) is 9.11. The van der Waals surface area contributed by atoms with Gasteiger partial charge in [0.05, 0.1) is 13.2 Å². The van der Waals surface area contributed by atoms with Crippen molar-refractivity contribution in [2.24, 2.45) is 0 Å². The Morgan fingerprint density at radius 1 is 0.962 bits per heavy atom. The third-order valence-electron chi connectivity index (χ3n) is 3.96.